The Hall–Kier alpha value is 0.740. The number of hydrogen-bond donors (Lipinski definition) is 0. The van der Waals surface area contributed by atoms with Gasteiger partial charge in [0.15, 0.2) is 0 Å². The standard InChI is InChI=1S/ClOPS/c1-4(2)3. The van der Waals surface area contributed by atoms with Gasteiger partial charge in [-0.25, -0.2) is 0 Å². The summed E-state index contributed by atoms with van der Waals surface area (Å²) in [6.45, 7) is 0. The third kappa shape index (κ3) is 15.1. The SMILES string of the molecule is O=S(#P)Cl. The van der Waals surface area contributed by atoms with Crippen LogP contribution in [0, 0.1) is 0 Å². The molecule has 24 valence electrons. The predicted molar refractivity (Wildman–Crippen MR) is 20.9 cm³/mol. The van der Waals surface area contributed by atoms with Gasteiger partial charge >= 0.3 is 31.7 Å². The van der Waals surface area contributed by atoms with E-state index in [4.69, 9.17) is 0 Å². The second kappa shape index (κ2) is 2.01. The van der Waals surface area contributed by atoms with Crippen LogP contribution in [0.15, 0.2) is 0 Å². The summed E-state index contributed by atoms with van der Waals surface area (Å²) in [6, 6.07) is 0. The molecule has 0 heterocycles. The zero-order chi connectivity index (χ0) is 3.58. The van der Waals surface area contributed by atoms with Crippen molar-refractivity contribution in [2.24, 2.45) is 0 Å². The van der Waals surface area contributed by atoms with Gasteiger partial charge in [0, 0.05) is 0 Å². The average molecular weight is 114 g/mol. The van der Waals surface area contributed by atoms with E-state index in [0.717, 1.165) is 0 Å². The molecule has 0 aromatic rings. The Morgan fingerprint density at radius 3 is 2.00 bits per heavy atom. The summed E-state index contributed by atoms with van der Waals surface area (Å²) in [4.78, 5) is 0. The van der Waals surface area contributed by atoms with E-state index in [0.29, 0.717) is 0 Å². The van der Waals surface area contributed by atoms with Gasteiger partial charge in [-0.2, -0.15) is 0 Å². The van der Waals surface area contributed by atoms with E-state index in [1.54, 1.807) is 0 Å². The molecule has 0 aromatic heterocycles. The van der Waals surface area contributed by atoms with Crippen LogP contribution >= 0.6 is 18.5 Å². The summed E-state index contributed by atoms with van der Waals surface area (Å²) >= 11 is 0. The third-order valence-corrected chi connectivity index (χ3v) is 0. The molecule has 0 atom stereocenters. The van der Waals surface area contributed by atoms with E-state index >= 15 is 0 Å². The van der Waals surface area contributed by atoms with Crippen LogP contribution in [-0.2, 0) is 8.99 Å². The first-order valence-corrected chi connectivity index (χ1v) is 3.53. The van der Waals surface area contributed by atoms with Crippen molar-refractivity contribution in [3.8, 4) is 0 Å². The van der Waals surface area contributed by atoms with Gasteiger partial charge in [-0.15, -0.1) is 0 Å². The molecule has 0 aromatic carbocycles. The van der Waals surface area contributed by atoms with Crippen molar-refractivity contribution in [1.82, 2.24) is 0 Å². The fourth-order valence-corrected chi connectivity index (χ4v) is 0. The normalized spacial score (nSPS) is 6.00. The maximum absolute atomic E-state index is 9.19. The molecule has 4 heavy (non-hydrogen) atoms. The zero-order valence-corrected chi connectivity index (χ0v) is 4.11. The van der Waals surface area contributed by atoms with Gasteiger partial charge in [-0.3, -0.25) is 0 Å². The number of rotatable bonds is 0. The first-order chi connectivity index (χ1) is 1.73. The van der Waals surface area contributed by atoms with Gasteiger partial charge in [-0.05, 0) is 0 Å². The molecule has 0 aliphatic carbocycles. The molecule has 0 amide bonds. The molecule has 4 heteroatoms. The summed E-state index contributed by atoms with van der Waals surface area (Å²) in [6.07, 6.45) is 0. The molecular weight excluding hydrogens is 114 g/mol. The number of halogens is 1. The van der Waals surface area contributed by atoms with Crippen LogP contribution in [-0.4, -0.2) is 4.21 Å². The zero-order valence-electron chi connectivity index (χ0n) is 1.64. The molecule has 0 bridgehead atoms. The molecule has 0 N–H and O–H groups in total. The third-order valence-electron chi connectivity index (χ3n) is 0. The van der Waals surface area contributed by atoms with E-state index < -0.39 is 8.99 Å². The predicted octanol–water partition coefficient (Wildman–Crippen LogP) is 1.21. The van der Waals surface area contributed by atoms with E-state index in [1.807, 2.05) is 0 Å². The van der Waals surface area contributed by atoms with Gasteiger partial charge in [0.05, 0.1) is 0 Å². The summed E-state index contributed by atoms with van der Waals surface area (Å²) in [5, 5.41) is 0. The molecule has 0 aliphatic rings. The summed E-state index contributed by atoms with van der Waals surface area (Å²) in [7, 11) is 6.37. The van der Waals surface area contributed by atoms with Crippen molar-refractivity contribution >= 4 is 27.5 Å². The van der Waals surface area contributed by atoms with Crippen molar-refractivity contribution < 1.29 is 4.21 Å². The Morgan fingerprint density at radius 1 is 2.00 bits per heavy atom. The van der Waals surface area contributed by atoms with Gasteiger partial charge in [0.1, 0.15) is 0 Å². The van der Waals surface area contributed by atoms with Crippen LogP contribution < -0.4 is 0 Å². The molecule has 0 aliphatic heterocycles. The van der Waals surface area contributed by atoms with Crippen LogP contribution in [0.2, 0.25) is 0 Å². The summed E-state index contributed by atoms with van der Waals surface area (Å²) in [5.74, 6) is 0. The Morgan fingerprint density at radius 2 is 2.00 bits per heavy atom. The van der Waals surface area contributed by atoms with Gasteiger partial charge < -0.3 is 0 Å². The quantitative estimate of drug-likeness (QED) is 0.342. The van der Waals surface area contributed by atoms with Crippen LogP contribution in [0.1, 0.15) is 0 Å². The fraction of sp³-hybridized carbons (Fsp3) is 0. The van der Waals surface area contributed by atoms with Crippen molar-refractivity contribution in [2.45, 2.75) is 0 Å². The van der Waals surface area contributed by atoms with E-state index in [-0.39, 0.29) is 0 Å². The topological polar surface area (TPSA) is 17.1 Å². The van der Waals surface area contributed by atoms with Crippen LogP contribution in [0.4, 0.5) is 0 Å². The minimum absolute atomic E-state index is 1.44. The molecule has 0 rings (SSSR count). The van der Waals surface area contributed by atoms with Gasteiger partial charge in [0.2, 0.25) is 0 Å². The molecule has 0 radical (unpaired) electrons. The average Bonchev–Trinajstić information content (AvgIpc) is 0.811. The Bertz CT molecular complexity index is 98.2. The van der Waals surface area contributed by atoms with Crippen molar-refractivity contribution in [3.05, 3.63) is 0 Å². The van der Waals surface area contributed by atoms with Gasteiger partial charge in [-0.1, -0.05) is 0 Å². The molecule has 0 fully saturated rings. The first-order valence-electron chi connectivity index (χ1n) is 0.504. The van der Waals surface area contributed by atoms with E-state index in [2.05, 4.69) is 18.5 Å². The second-order valence-corrected chi connectivity index (χ2v) is 3.10. The Labute approximate surface area is 32.4 Å². The van der Waals surface area contributed by atoms with E-state index in [9.17, 15) is 4.21 Å². The van der Waals surface area contributed by atoms with Crippen molar-refractivity contribution in [1.29, 1.82) is 0 Å². The molecule has 0 saturated carbocycles. The van der Waals surface area contributed by atoms with E-state index in [1.165, 1.54) is 0 Å². The fourth-order valence-electron chi connectivity index (χ4n) is 0. The summed E-state index contributed by atoms with van der Waals surface area (Å²) < 4.78 is 9.19. The monoisotopic (exact) mass is 114 g/mol. The molecular formula is ClOPS. The van der Waals surface area contributed by atoms with Crippen LogP contribution in [0.3, 0.4) is 0 Å². The molecule has 0 spiro atoms. The molecule has 1 nitrogen and oxygen atoms in total. The molecule has 0 unspecified atom stereocenters. The van der Waals surface area contributed by atoms with Gasteiger partial charge in [0.25, 0.3) is 0 Å². The van der Waals surface area contributed by atoms with Crippen LogP contribution in [0.5, 0.6) is 0 Å². The summed E-state index contributed by atoms with van der Waals surface area (Å²) in [5.41, 5.74) is 0. The Balaban J connectivity index is 3.85. The van der Waals surface area contributed by atoms with Crippen molar-refractivity contribution in [3.63, 3.8) is 0 Å². The Kier molecular flexibility index (Phi) is 2.38. The maximum atomic E-state index is 9.19. The minimum atomic E-state index is -1.44. The first kappa shape index (κ1) is 4.74. The second-order valence-electron chi connectivity index (χ2n) is 0.207. The number of hydrogen-bond acceptors (Lipinski definition) is 1. The molecule has 0 saturated heterocycles. The van der Waals surface area contributed by atoms with Crippen LogP contribution in [0.25, 0.3) is 0 Å². The van der Waals surface area contributed by atoms with Crippen molar-refractivity contribution in [2.75, 3.05) is 0 Å².